The van der Waals surface area contributed by atoms with Crippen LogP contribution in [0.2, 0.25) is 5.02 Å². The zero-order valence-corrected chi connectivity index (χ0v) is 14.7. The number of fused-ring (bicyclic) bond motifs is 2. The lowest BCUT2D eigenvalue weighted by atomic mass is 10.2. The number of rotatable bonds is 3. The summed E-state index contributed by atoms with van der Waals surface area (Å²) in [7, 11) is -3.65. The molecule has 0 atom stereocenters. The molecule has 0 bridgehead atoms. The average molecular weight is 379 g/mol. The van der Waals surface area contributed by atoms with Gasteiger partial charge >= 0.3 is 0 Å². The smallest absolute Gasteiger partial charge is 0.226 e. The van der Waals surface area contributed by atoms with Gasteiger partial charge in [-0.05, 0) is 29.8 Å². The Morgan fingerprint density at radius 1 is 1.16 bits per heavy atom. The highest BCUT2D eigenvalue weighted by molar-refractivity contribution is 7.90. The molecule has 0 spiro atoms. The number of H-pyrrole nitrogens is 1. The van der Waals surface area contributed by atoms with Crippen LogP contribution in [0.1, 0.15) is 12.0 Å². The van der Waals surface area contributed by atoms with Crippen LogP contribution in [-0.2, 0) is 15.6 Å². The molecule has 3 aromatic rings. The maximum absolute atomic E-state index is 12.7. The van der Waals surface area contributed by atoms with Crippen molar-refractivity contribution >= 4 is 32.5 Å². The fraction of sp³-hybridized carbons (Fsp3) is 0.235. The molecule has 1 N–H and O–H groups in total. The zero-order valence-electron chi connectivity index (χ0n) is 13.2. The first-order valence-corrected chi connectivity index (χ1v) is 9.81. The number of benzene rings is 2. The first-order valence-electron chi connectivity index (χ1n) is 7.78. The van der Waals surface area contributed by atoms with Crippen molar-refractivity contribution in [2.45, 2.75) is 17.3 Å². The third-order valence-corrected chi connectivity index (χ3v) is 5.66. The number of nitrogens with one attached hydrogen (secondary N) is 1. The third kappa shape index (κ3) is 3.17. The van der Waals surface area contributed by atoms with Crippen LogP contribution in [0.4, 0.5) is 0 Å². The highest BCUT2D eigenvalue weighted by Gasteiger charge is 2.23. The topological polar surface area (TPSA) is 81.3 Å². The quantitative estimate of drug-likeness (QED) is 0.755. The number of ether oxygens (including phenoxy) is 2. The van der Waals surface area contributed by atoms with E-state index in [9.17, 15) is 8.42 Å². The number of hydrogen-bond donors (Lipinski definition) is 1. The van der Waals surface area contributed by atoms with Crippen molar-refractivity contribution in [3.05, 3.63) is 47.0 Å². The van der Waals surface area contributed by atoms with Gasteiger partial charge in [0.25, 0.3) is 0 Å². The summed E-state index contributed by atoms with van der Waals surface area (Å²) in [6, 6.07) is 10.4. The van der Waals surface area contributed by atoms with Gasteiger partial charge in [-0.1, -0.05) is 23.7 Å². The molecule has 1 aliphatic rings. The van der Waals surface area contributed by atoms with Gasteiger partial charge in [0.2, 0.25) is 15.0 Å². The molecule has 25 heavy (non-hydrogen) atoms. The molecule has 0 aliphatic carbocycles. The van der Waals surface area contributed by atoms with Crippen LogP contribution < -0.4 is 9.47 Å². The standard InChI is InChI=1S/C17H15ClN2O4S/c18-12-8-11(9-15-16(12)24-7-3-6-23-15)10-25(21,22)17-19-13-4-1-2-5-14(13)20-17/h1-2,4-5,8-9H,3,6-7,10H2,(H,19,20). The number of hydrogen-bond acceptors (Lipinski definition) is 5. The van der Waals surface area contributed by atoms with Gasteiger partial charge < -0.3 is 14.5 Å². The van der Waals surface area contributed by atoms with Crippen LogP contribution in [0.15, 0.2) is 41.6 Å². The first-order chi connectivity index (χ1) is 12.0. The fourth-order valence-electron chi connectivity index (χ4n) is 2.73. The summed E-state index contributed by atoms with van der Waals surface area (Å²) in [5, 5.41) is 0.283. The van der Waals surface area contributed by atoms with E-state index in [2.05, 4.69) is 9.97 Å². The lowest BCUT2D eigenvalue weighted by molar-refractivity contribution is 0.297. The predicted octanol–water partition coefficient (Wildman–Crippen LogP) is 3.35. The van der Waals surface area contributed by atoms with Crippen LogP contribution in [0.25, 0.3) is 11.0 Å². The molecule has 0 saturated heterocycles. The second kappa shape index (κ2) is 6.24. The summed E-state index contributed by atoms with van der Waals surface area (Å²) >= 11 is 6.24. The molecule has 2 aromatic carbocycles. The molecule has 0 unspecified atom stereocenters. The zero-order chi connectivity index (χ0) is 17.4. The van der Waals surface area contributed by atoms with Crippen molar-refractivity contribution in [1.29, 1.82) is 0 Å². The van der Waals surface area contributed by atoms with E-state index in [1.807, 2.05) is 12.1 Å². The van der Waals surface area contributed by atoms with E-state index in [1.165, 1.54) is 0 Å². The Bertz CT molecular complexity index is 1010. The Kier molecular flexibility index (Phi) is 4.05. The van der Waals surface area contributed by atoms with Gasteiger partial charge in [0.1, 0.15) is 0 Å². The minimum absolute atomic E-state index is 0.0584. The minimum Gasteiger partial charge on any atom is -0.489 e. The van der Waals surface area contributed by atoms with Gasteiger partial charge in [-0.2, -0.15) is 0 Å². The molecule has 130 valence electrons. The Morgan fingerprint density at radius 3 is 2.80 bits per heavy atom. The average Bonchev–Trinajstić information content (AvgIpc) is 2.88. The van der Waals surface area contributed by atoms with Crippen molar-refractivity contribution in [1.82, 2.24) is 9.97 Å². The van der Waals surface area contributed by atoms with Crippen molar-refractivity contribution in [2.75, 3.05) is 13.2 Å². The molecule has 4 rings (SSSR count). The van der Waals surface area contributed by atoms with E-state index in [0.717, 1.165) is 6.42 Å². The van der Waals surface area contributed by atoms with E-state index in [4.69, 9.17) is 21.1 Å². The summed E-state index contributed by atoms with van der Waals surface area (Å²) < 4.78 is 36.6. The van der Waals surface area contributed by atoms with Gasteiger partial charge in [-0.25, -0.2) is 13.4 Å². The van der Waals surface area contributed by atoms with Gasteiger partial charge in [0.15, 0.2) is 11.5 Å². The summed E-state index contributed by atoms with van der Waals surface area (Å²) in [6.07, 6.45) is 0.748. The molecule has 1 aliphatic heterocycles. The van der Waals surface area contributed by atoms with E-state index in [-0.39, 0.29) is 10.9 Å². The Labute approximate surface area is 149 Å². The molecule has 2 heterocycles. The molecular weight excluding hydrogens is 364 g/mol. The molecule has 0 amide bonds. The maximum atomic E-state index is 12.7. The first kappa shape index (κ1) is 16.2. The molecule has 0 fully saturated rings. The number of aromatic amines is 1. The van der Waals surface area contributed by atoms with E-state index in [0.29, 0.717) is 46.3 Å². The summed E-state index contributed by atoms with van der Waals surface area (Å²) in [6.45, 7) is 1.02. The second-order valence-corrected chi connectivity index (χ2v) is 8.09. The van der Waals surface area contributed by atoms with Crippen molar-refractivity contribution < 1.29 is 17.9 Å². The van der Waals surface area contributed by atoms with Crippen LogP contribution in [-0.4, -0.2) is 31.6 Å². The number of sulfone groups is 1. The number of aromatic nitrogens is 2. The fourth-order valence-corrected chi connectivity index (χ4v) is 4.26. The van der Waals surface area contributed by atoms with Crippen molar-refractivity contribution in [3.63, 3.8) is 0 Å². The molecule has 1 aromatic heterocycles. The summed E-state index contributed by atoms with van der Waals surface area (Å²) in [5.41, 5.74) is 1.81. The number of halogens is 1. The van der Waals surface area contributed by atoms with E-state index < -0.39 is 9.84 Å². The highest BCUT2D eigenvalue weighted by Crippen LogP contribution is 2.38. The predicted molar refractivity (Wildman–Crippen MR) is 94.0 cm³/mol. The SMILES string of the molecule is O=S(=O)(Cc1cc(Cl)c2c(c1)OCCCO2)c1nc2ccccc2[nH]1. The lowest BCUT2D eigenvalue weighted by Gasteiger charge is -2.11. The number of imidazole rings is 1. The monoisotopic (exact) mass is 378 g/mol. The minimum atomic E-state index is -3.65. The van der Waals surface area contributed by atoms with Gasteiger partial charge in [0.05, 0.1) is 35.0 Å². The summed E-state index contributed by atoms with van der Waals surface area (Å²) in [5.74, 6) is 0.701. The van der Waals surface area contributed by atoms with E-state index >= 15 is 0 Å². The van der Waals surface area contributed by atoms with E-state index in [1.54, 1.807) is 24.3 Å². The molecule has 0 radical (unpaired) electrons. The maximum Gasteiger partial charge on any atom is 0.226 e. The Hall–Kier alpha value is -2.25. The van der Waals surface area contributed by atoms with Crippen molar-refractivity contribution in [2.24, 2.45) is 0 Å². The van der Waals surface area contributed by atoms with Crippen LogP contribution >= 0.6 is 11.6 Å². The van der Waals surface area contributed by atoms with Crippen LogP contribution in [0.3, 0.4) is 0 Å². The van der Waals surface area contributed by atoms with Crippen LogP contribution in [0, 0.1) is 0 Å². The number of nitrogens with zero attached hydrogens (tertiary/aromatic N) is 1. The second-order valence-electron chi connectivity index (χ2n) is 5.77. The lowest BCUT2D eigenvalue weighted by Crippen LogP contribution is -2.07. The van der Waals surface area contributed by atoms with Gasteiger partial charge in [-0.15, -0.1) is 0 Å². The Morgan fingerprint density at radius 2 is 1.96 bits per heavy atom. The highest BCUT2D eigenvalue weighted by atomic mass is 35.5. The van der Waals surface area contributed by atoms with Gasteiger partial charge in [0, 0.05) is 6.42 Å². The third-order valence-electron chi connectivity index (χ3n) is 3.88. The molecular formula is C17H15ClN2O4S. The molecule has 8 heteroatoms. The molecule has 6 nitrogen and oxygen atoms in total. The van der Waals surface area contributed by atoms with Gasteiger partial charge in [-0.3, -0.25) is 0 Å². The summed E-state index contributed by atoms with van der Waals surface area (Å²) in [4.78, 5) is 7.03. The normalized spacial score (nSPS) is 14.4. The van der Waals surface area contributed by atoms with Crippen molar-refractivity contribution in [3.8, 4) is 11.5 Å². The Balaban J connectivity index is 1.69. The molecule has 0 saturated carbocycles. The number of para-hydroxylation sites is 2. The largest absolute Gasteiger partial charge is 0.489 e. The van der Waals surface area contributed by atoms with Crippen LogP contribution in [0.5, 0.6) is 11.5 Å².